The molecular formula is C22H33N5O2. The normalized spacial score (nSPS) is 15.4. The van der Waals surface area contributed by atoms with Crippen molar-refractivity contribution in [2.45, 2.75) is 52.0 Å². The fourth-order valence-corrected chi connectivity index (χ4v) is 4.11. The van der Waals surface area contributed by atoms with E-state index in [1.165, 1.54) is 25.7 Å². The van der Waals surface area contributed by atoms with Gasteiger partial charge in [0, 0.05) is 25.0 Å². The molecule has 2 aromatic rings. The number of rotatable bonds is 8. The zero-order chi connectivity index (χ0) is 20.8. The van der Waals surface area contributed by atoms with Crippen LogP contribution in [0.5, 0.6) is 0 Å². The summed E-state index contributed by atoms with van der Waals surface area (Å²) in [5.41, 5.74) is 8.18. The monoisotopic (exact) mass is 399 g/mol. The van der Waals surface area contributed by atoms with Gasteiger partial charge in [-0.2, -0.15) is 0 Å². The molecule has 158 valence electrons. The summed E-state index contributed by atoms with van der Waals surface area (Å²) in [4.78, 5) is 29.5. The number of nitrogens with zero attached hydrogens (tertiary/aromatic N) is 2. The predicted molar refractivity (Wildman–Crippen MR) is 115 cm³/mol. The third kappa shape index (κ3) is 5.29. The number of hydrogen-bond acceptors (Lipinski definition) is 3. The Kier molecular flexibility index (Phi) is 7.14. The molecule has 1 fully saturated rings. The average molecular weight is 400 g/mol. The molecule has 0 spiro atoms. The van der Waals surface area contributed by atoms with Crippen molar-refractivity contribution in [1.82, 2.24) is 19.8 Å². The number of H-pyrrole nitrogens is 1. The molecule has 1 atom stereocenters. The van der Waals surface area contributed by atoms with Crippen LogP contribution in [-0.4, -0.2) is 40.1 Å². The first-order valence-corrected chi connectivity index (χ1v) is 10.6. The Morgan fingerprint density at radius 3 is 2.59 bits per heavy atom. The van der Waals surface area contributed by atoms with Crippen molar-refractivity contribution in [3.8, 4) is 5.69 Å². The quantitative estimate of drug-likeness (QED) is 0.636. The highest BCUT2D eigenvalue weighted by atomic mass is 16.2. The summed E-state index contributed by atoms with van der Waals surface area (Å²) in [5.74, 6) is 0.607. The van der Waals surface area contributed by atoms with E-state index in [4.69, 9.17) is 5.73 Å². The van der Waals surface area contributed by atoms with Crippen LogP contribution in [0.4, 0.5) is 4.79 Å². The third-order valence-corrected chi connectivity index (χ3v) is 5.82. The molecule has 7 heteroatoms. The van der Waals surface area contributed by atoms with Gasteiger partial charge in [-0.05, 0) is 63.3 Å². The maximum absolute atomic E-state index is 12.9. The van der Waals surface area contributed by atoms with E-state index < -0.39 is 0 Å². The van der Waals surface area contributed by atoms with Gasteiger partial charge in [-0.1, -0.05) is 25.0 Å². The number of nitrogens with two attached hydrogens (primary N) is 1. The molecule has 7 nitrogen and oxygen atoms in total. The van der Waals surface area contributed by atoms with E-state index in [-0.39, 0.29) is 17.8 Å². The molecule has 1 heterocycles. The number of urea groups is 1. The van der Waals surface area contributed by atoms with Gasteiger partial charge < -0.3 is 20.9 Å². The van der Waals surface area contributed by atoms with Gasteiger partial charge in [0.15, 0.2) is 0 Å². The van der Waals surface area contributed by atoms with Gasteiger partial charge in [0.1, 0.15) is 0 Å². The molecule has 0 aliphatic heterocycles. The fourth-order valence-electron chi connectivity index (χ4n) is 4.11. The molecule has 1 saturated carbocycles. The van der Waals surface area contributed by atoms with Crippen molar-refractivity contribution in [2.75, 3.05) is 19.6 Å². The van der Waals surface area contributed by atoms with Crippen LogP contribution in [0, 0.1) is 12.8 Å². The second-order valence-electron chi connectivity index (χ2n) is 8.07. The number of amides is 2. The van der Waals surface area contributed by atoms with Crippen LogP contribution in [0.2, 0.25) is 0 Å². The zero-order valence-electron chi connectivity index (χ0n) is 17.5. The Balaban J connectivity index is 1.64. The van der Waals surface area contributed by atoms with Gasteiger partial charge in [0.25, 0.3) is 0 Å². The maximum Gasteiger partial charge on any atom is 0.330 e. The summed E-state index contributed by atoms with van der Waals surface area (Å²) in [6, 6.07) is 7.58. The lowest BCUT2D eigenvalue weighted by molar-refractivity contribution is 0.184. The van der Waals surface area contributed by atoms with E-state index in [9.17, 15) is 9.59 Å². The molecule has 2 amide bonds. The highest BCUT2D eigenvalue weighted by molar-refractivity contribution is 5.74. The highest BCUT2D eigenvalue weighted by Gasteiger charge is 2.22. The Morgan fingerprint density at radius 2 is 2.00 bits per heavy atom. The number of aromatic amines is 1. The molecule has 1 aromatic carbocycles. The molecule has 3 rings (SSSR count). The molecule has 4 N–H and O–H groups in total. The Morgan fingerprint density at radius 1 is 1.31 bits per heavy atom. The minimum absolute atomic E-state index is 0.0281. The molecule has 1 unspecified atom stereocenters. The van der Waals surface area contributed by atoms with E-state index in [0.29, 0.717) is 19.0 Å². The van der Waals surface area contributed by atoms with Crippen LogP contribution in [0.15, 0.2) is 35.3 Å². The summed E-state index contributed by atoms with van der Waals surface area (Å²) in [6.45, 7) is 5.96. The molecule has 0 radical (unpaired) electrons. The minimum atomic E-state index is -0.154. The van der Waals surface area contributed by atoms with E-state index in [2.05, 4.69) is 10.3 Å². The van der Waals surface area contributed by atoms with Crippen molar-refractivity contribution in [3.05, 3.63) is 52.2 Å². The Labute approximate surface area is 172 Å². The Hall–Kier alpha value is -2.54. The molecule has 29 heavy (non-hydrogen) atoms. The summed E-state index contributed by atoms with van der Waals surface area (Å²) < 4.78 is 1.63. The summed E-state index contributed by atoms with van der Waals surface area (Å²) in [5, 5.41) is 3.13. The SMILES string of the molecule is Cc1c[nH]c(=O)n1-c1ccc(C(C)NC(=O)N(CCCN)CC2CCCC2)cc1. The van der Waals surface area contributed by atoms with Gasteiger partial charge in [-0.15, -0.1) is 0 Å². The molecular weight excluding hydrogens is 366 g/mol. The number of aromatic nitrogens is 2. The minimum Gasteiger partial charge on any atom is -0.331 e. The van der Waals surface area contributed by atoms with Gasteiger partial charge in [-0.3, -0.25) is 4.57 Å². The van der Waals surface area contributed by atoms with E-state index in [1.54, 1.807) is 10.8 Å². The summed E-state index contributed by atoms with van der Waals surface area (Å²) >= 11 is 0. The number of hydrogen-bond donors (Lipinski definition) is 3. The van der Waals surface area contributed by atoms with Crippen molar-refractivity contribution in [3.63, 3.8) is 0 Å². The van der Waals surface area contributed by atoms with Crippen molar-refractivity contribution >= 4 is 6.03 Å². The first kappa shape index (κ1) is 21.2. The molecule has 0 saturated heterocycles. The lowest BCUT2D eigenvalue weighted by Gasteiger charge is -2.28. The van der Waals surface area contributed by atoms with Crippen LogP contribution < -0.4 is 16.7 Å². The van der Waals surface area contributed by atoms with Gasteiger partial charge in [0.05, 0.1) is 11.7 Å². The number of benzene rings is 1. The maximum atomic E-state index is 12.9. The number of nitrogens with one attached hydrogen (secondary N) is 2. The largest absolute Gasteiger partial charge is 0.331 e. The molecule has 0 bridgehead atoms. The van der Waals surface area contributed by atoms with E-state index >= 15 is 0 Å². The smallest absolute Gasteiger partial charge is 0.330 e. The number of carbonyl (C=O) groups is 1. The fraction of sp³-hybridized carbons (Fsp3) is 0.545. The van der Waals surface area contributed by atoms with Crippen LogP contribution in [0.25, 0.3) is 5.69 Å². The van der Waals surface area contributed by atoms with Crippen molar-refractivity contribution < 1.29 is 4.79 Å². The Bertz CT molecular complexity index is 849. The molecule has 1 aromatic heterocycles. The summed E-state index contributed by atoms with van der Waals surface area (Å²) in [6.07, 6.45) is 7.46. The predicted octanol–water partition coefficient (Wildman–Crippen LogP) is 3.09. The van der Waals surface area contributed by atoms with Crippen molar-refractivity contribution in [2.24, 2.45) is 11.7 Å². The standard InChI is InChI=1S/C22H33N5O2/c1-16-14-24-21(28)27(16)20-10-8-19(9-11-20)17(2)25-22(29)26(13-5-12-23)15-18-6-3-4-7-18/h8-11,14,17-18H,3-7,12-13,15,23H2,1-2H3,(H,24,28)(H,25,29). The molecule has 1 aliphatic carbocycles. The number of aryl methyl sites for hydroxylation is 1. The highest BCUT2D eigenvalue weighted by Crippen LogP contribution is 2.26. The van der Waals surface area contributed by atoms with Crippen LogP contribution in [0.3, 0.4) is 0 Å². The van der Waals surface area contributed by atoms with Crippen LogP contribution in [0.1, 0.15) is 56.3 Å². The van der Waals surface area contributed by atoms with Crippen LogP contribution >= 0.6 is 0 Å². The number of imidazole rings is 1. The average Bonchev–Trinajstić information content (AvgIpc) is 3.34. The second-order valence-corrected chi connectivity index (χ2v) is 8.07. The molecule has 1 aliphatic rings. The zero-order valence-corrected chi connectivity index (χ0v) is 17.5. The third-order valence-electron chi connectivity index (χ3n) is 5.82. The van der Waals surface area contributed by atoms with Gasteiger partial charge in [-0.25, -0.2) is 9.59 Å². The lowest BCUT2D eigenvalue weighted by atomic mass is 10.1. The summed E-state index contributed by atoms with van der Waals surface area (Å²) in [7, 11) is 0. The topological polar surface area (TPSA) is 96.1 Å². The first-order valence-electron chi connectivity index (χ1n) is 10.6. The first-order chi connectivity index (χ1) is 14.0. The van der Waals surface area contributed by atoms with Gasteiger partial charge in [0.2, 0.25) is 0 Å². The van der Waals surface area contributed by atoms with Gasteiger partial charge >= 0.3 is 11.7 Å². The second kappa shape index (κ2) is 9.78. The van der Waals surface area contributed by atoms with Crippen LogP contribution in [-0.2, 0) is 0 Å². The number of carbonyl (C=O) groups excluding carboxylic acids is 1. The van der Waals surface area contributed by atoms with E-state index in [0.717, 1.165) is 29.9 Å². The van der Waals surface area contributed by atoms with E-state index in [1.807, 2.05) is 43.0 Å². The van der Waals surface area contributed by atoms with Crippen molar-refractivity contribution in [1.29, 1.82) is 0 Å². The lowest BCUT2D eigenvalue weighted by Crippen LogP contribution is -2.44.